The first kappa shape index (κ1) is 20.9. The van der Waals surface area contributed by atoms with Gasteiger partial charge in [0, 0.05) is 6.42 Å². The molecule has 0 aliphatic heterocycles. The summed E-state index contributed by atoms with van der Waals surface area (Å²) in [4.78, 5) is 0. The number of hydrogen-bond donors (Lipinski definition) is 0. The Bertz CT molecular complexity index is 899. The number of rotatable bonds is 1. The van der Waals surface area contributed by atoms with Gasteiger partial charge >= 0.3 is 0 Å². The maximum atomic E-state index is 2.43. The lowest BCUT2D eigenvalue weighted by molar-refractivity contribution is 0.569. The highest BCUT2D eigenvalue weighted by Gasteiger charge is 2.25. The summed E-state index contributed by atoms with van der Waals surface area (Å²) in [5, 5.41) is 0. The standard InChI is InChI=1S/C28H37/c1-18-11-19-13-23(28(8,9)10)17-25(24(19)12-18)20-14-21(26(2,3)4)16-22(15-20)27(5,6)7/h11-17H,1-10H3. The van der Waals surface area contributed by atoms with Crippen LogP contribution >= 0.6 is 0 Å². The second-order valence-electron chi connectivity index (χ2n) is 11.6. The molecule has 1 aliphatic carbocycles. The van der Waals surface area contributed by atoms with E-state index in [0.29, 0.717) is 0 Å². The van der Waals surface area contributed by atoms with Gasteiger partial charge in [-0.3, -0.25) is 0 Å². The van der Waals surface area contributed by atoms with Crippen molar-refractivity contribution >= 4 is 6.08 Å². The minimum Gasteiger partial charge on any atom is -0.0642 e. The van der Waals surface area contributed by atoms with Crippen molar-refractivity contribution in [1.29, 1.82) is 0 Å². The first-order valence-electron chi connectivity index (χ1n) is 10.5. The molecule has 0 N–H and O–H groups in total. The van der Waals surface area contributed by atoms with Crippen LogP contribution in [0.4, 0.5) is 0 Å². The highest BCUT2D eigenvalue weighted by Crippen LogP contribution is 2.41. The van der Waals surface area contributed by atoms with Crippen molar-refractivity contribution in [2.75, 3.05) is 0 Å². The van der Waals surface area contributed by atoms with Crippen LogP contribution in [0.1, 0.15) is 97.1 Å². The van der Waals surface area contributed by atoms with Gasteiger partial charge in [-0.15, -0.1) is 0 Å². The summed E-state index contributed by atoms with van der Waals surface area (Å²) in [5.74, 6) is 0. The number of allylic oxidation sites excluding steroid dienone is 1. The Morgan fingerprint density at radius 3 is 1.50 bits per heavy atom. The molecule has 0 unspecified atom stereocenters. The van der Waals surface area contributed by atoms with Gasteiger partial charge in [0.1, 0.15) is 0 Å². The second-order valence-corrected chi connectivity index (χ2v) is 11.6. The van der Waals surface area contributed by atoms with E-state index < -0.39 is 0 Å². The summed E-state index contributed by atoms with van der Waals surface area (Å²) in [6, 6.07) is 12.0. The van der Waals surface area contributed by atoms with E-state index in [9.17, 15) is 0 Å². The number of hydrogen-bond acceptors (Lipinski definition) is 0. The molecule has 0 spiro atoms. The lowest BCUT2D eigenvalue weighted by Crippen LogP contribution is -2.17. The van der Waals surface area contributed by atoms with E-state index in [1.807, 2.05) is 0 Å². The smallest absolute Gasteiger partial charge is 0.0161 e. The minimum absolute atomic E-state index is 0.124. The van der Waals surface area contributed by atoms with Crippen molar-refractivity contribution in [3.8, 4) is 11.1 Å². The fourth-order valence-electron chi connectivity index (χ4n) is 3.79. The van der Waals surface area contributed by atoms with E-state index in [0.717, 1.165) is 0 Å². The summed E-state index contributed by atoms with van der Waals surface area (Å²) < 4.78 is 0. The third-order valence-electron chi connectivity index (χ3n) is 5.81. The van der Waals surface area contributed by atoms with Crippen LogP contribution in [0.15, 0.2) is 35.9 Å². The molecule has 28 heavy (non-hydrogen) atoms. The van der Waals surface area contributed by atoms with Crippen molar-refractivity contribution < 1.29 is 0 Å². The third-order valence-corrected chi connectivity index (χ3v) is 5.81. The van der Waals surface area contributed by atoms with Crippen LogP contribution in [0.3, 0.4) is 0 Å². The van der Waals surface area contributed by atoms with E-state index in [1.54, 1.807) is 0 Å². The predicted octanol–water partition coefficient (Wildman–Crippen LogP) is 8.22. The van der Waals surface area contributed by atoms with Crippen molar-refractivity contribution in [2.45, 2.75) is 85.5 Å². The zero-order chi connectivity index (χ0) is 21.1. The Labute approximate surface area is 173 Å². The molecule has 2 aromatic carbocycles. The Hall–Kier alpha value is -1.82. The molecule has 1 radical (unpaired) electrons. The topological polar surface area (TPSA) is 0 Å². The molecule has 0 saturated carbocycles. The molecule has 0 aromatic heterocycles. The molecule has 0 fully saturated rings. The molecule has 0 nitrogen and oxygen atoms in total. The molecular weight excluding hydrogens is 336 g/mol. The van der Waals surface area contributed by atoms with Crippen LogP contribution in [0, 0.1) is 6.42 Å². The monoisotopic (exact) mass is 373 g/mol. The summed E-state index contributed by atoms with van der Waals surface area (Å²) in [5.41, 5.74) is 11.4. The average molecular weight is 374 g/mol. The van der Waals surface area contributed by atoms with E-state index in [-0.39, 0.29) is 16.2 Å². The zero-order valence-electron chi connectivity index (χ0n) is 19.5. The number of fused-ring (bicyclic) bond motifs is 1. The fourth-order valence-corrected chi connectivity index (χ4v) is 3.79. The molecule has 149 valence electrons. The molecule has 0 heteroatoms. The lowest BCUT2D eigenvalue weighted by Gasteiger charge is -2.27. The Morgan fingerprint density at radius 1 is 0.571 bits per heavy atom. The maximum absolute atomic E-state index is 2.43. The van der Waals surface area contributed by atoms with Crippen LogP contribution in [0.25, 0.3) is 17.2 Å². The van der Waals surface area contributed by atoms with Gasteiger partial charge < -0.3 is 0 Å². The van der Waals surface area contributed by atoms with Crippen LogP contribution in [0.2, 0.25) is 0 Å². The van der Waals surface area contributed by atoms with Crippen LogP contribution < -0.4 is 0 Å². The largest absolute Gasteiger partial charge is 0.0642 e. The van der Waals surface area contributed by atoms with Gasteiger partial charge in [-0.05, 0) is 62.1 Å². The lowest BCUT2D eigenvalue weighted by atomic mass is 9.77. The molecule has 0 amide bonds. The van der Waals surface area contributed by atoms with Crippen LogP contribution in [-0.4, -0.2) is 0 Å². The fraction of sp³-hybridized carbons (Fsp3) is 0.464. The minimum atomic E-state index is 0.124. The van der Waals surface area contributed by atoms with Crippen molar-refractivity contribution in [3.05, 3.63) is 70.1 Å². The highest BCUT2D eigenvalue weighted by atomic mass is 14.3. The van der Waals surface area contributed by atoms with Gasteiger partial charge in [0.2, 0.25) is 0 Å². The van der Waals surface area contributed by atoms with E-state index in [2.05, 4.69) is 112 Å². The Kier molecular flexibility index (Phi) is 4.94. The van der Waals surface area contributed by atoms with Gasteiger partial charge in [0.05, 0.1) is 0 Å². The normalized spacial score (nSPS) is 14.9. The first-order chi connectivity index (χ1) is 12.7. The zero-order valence-corrected chi connectivity index (χ0v) is 19.5. The SMILES string of the molecule is CC1=Cc2c(cc(C(C)(C)C)cc2-c2cc(C(C)(C)C)cc(C(C)(C)C)c2)[CH]1. The summed E-state index contributed by atoms with van der Waals surface area (Å²) >= 11 is 0. The molecule has 1 aliphatic rings. The number of benzene rings is 2. The van der Waals surface area contributed by atoms with E-state index in [4.69, 9.17) is 0 Å². The summed E-state index contributed by atoms with van der Waals surface area (Å²) in [7, 11) is 0. The summed E-state index contributed by atoms with van der Waals surface area (Å²) in [6.45, 7) is 23.0. The Morgan fingerprint density at radius 2 is 1.04 bits per heavy atom. The quantitative estimate of drug-likeness (QED) is 0.472. The summed E-state index contributed by atoms with van der Waals surface area (Å²) in [6.07, 6.45) is 4.67. The van der Waals surface area contributed by atoms with Crippen molar-refractivity contribution in [3.63, 3.8) is 0 Å². The third kappa shape index (κ3) is 4.12. The molecular formula is C28H37. The first-order valence-corrected chi connectivity index (χ1v) is 10.5. The Balaban J connectivity index is 2.33. The van der Waals surface area contributed by atoms with Crippen molar-refractivity contribution in [2.24, 2.45) is 0 Å². The molecule has 0 atom stereocenters. The second kappa shape index (κ2) is 6.61. The average Bonchev–Trinajstić information content (AvgIpc) is 2.91. The van der Waals surface area contributed by atoms with Gasteiger partial charge in [-0.25, -0.2) is 0 Å². The van der Waals surface area contributed by atoms with Crippen LogP contribution in [-0.2, 0) is 16.2 Å². The van der Waals surface area contributed by atoms with E-state index >= 15 is 0 Å². The van der Waals surface area contributed by atoms with Gasteiger partial charge in [0.15, 0.2) is 0 Å². The maximum Gasteiger partial charge on any atom is 0.0161 e. The van der Waals surface area contributed by atoms with Gasteiger partial charge in [-0.2, -0.15) is 0 Å². The molecule has 3 rings (SSSR count). The van der Waals surface area contributed by atoms with Crippen LogP contribution in [0.5, 0.6) is 0 Å². The highest BCUT2D eigenvalue weighted by molar-refractivity contribution is 5.84. The van der Waals surface area contributed by atoms with Gasteiger partial charge in [0.25, 0.3) is 0 Å². The predicted molar refractivity (Wildman–Crippen MR) is 125 cm³/mol. The van der Waals surface area contributed by atoms with Crippen molar-refractivity contribution in [1.82, 2.24) is 0 Å². The molecule has 0 bridgehead atoms. The molecule has 0 heterocycles. The van der Waals surface area contributed by atoms with E-state index in [1.165, 1.54) is 44.5 Å². The molecule has 2 aromatic rings. The molecule has 0 saturated heterocycles. The van der Waals surface area contributed by atoms with Gasteiger partial charge in [-0.1, -0.05) is 104 Å².